The lowest BCUT2D eigenvalue weighted by atomic mass is 9.96. The molecule has 0 spiro atoms. The van der Waals surface area contributed by atoms with Gasteiger partial charge < -0.3 is 20.0 Å². The van der Waals surface area contributed by atoms with E-state index < -0.39 is 0 Å². The Morgan fingerprint density at radius 3 is 2.62 bits per heavy atom. The zero-order chi connectivity index (χ0) is 19.2. The molecule has 142 valence electrons. The van der Waals surface area contributed by atoms with Crippen LogP contribution in [0, 0.1) is 5.41 Å². The molecule has 6 nitrogen and oxygen atoms in total. The van der Waals surface area contributed by atoms with Crippen molar-refractivity contribution in [2.75, 3.05) is 26.7 Å². The molecule has 0 fully saturated rings. The number of guanidine groups is 1. The second kappa shape index (κ2) is 8.74. The Hall–Kier alpha value is -2.50. The van der Waals surface area contributed by atoms with Crippen molar-refractivity contribution < 1.29 is 9.21 Å². The SMILES string of the molecule is CCNC(=NCCNC(=O)C(C)(C)C)N(C)Cc1cc2ccccc2o1. The number of amides is 1. The Labute approximate surface area is 155 Å². The smallest absolute Gasteiger partial charge is 0.225 e. The van der Waals surface area contributed by atoms with Crippen LogP contribution in [-0.2, 0) is 11.3 Å². The monoisotopic (exact) mass is 358 g/mol. The van der Waals surface area contributed by atoms with E-state index in [2.05, 4.69) is 21.7 Å². The van der Waals surface area contributed by atoms with Gasteiger partial charge in [0.25, 0.3) is 0 Å². The van der Waals surface area contributed by atoms with E-state index >= 15 is 0 Å². The van der Waals surface area contributed by atoms with E-state index in [0.717, 1.165) is 29.2 Å². The van der Waals surface area contributed by atoms with Crippen LogP contribution in [0.1, 0.15) is 33.5 Å². The summed E-state index contributed by atoms with van der Waals surface area (Å²) >= 11 is 0. The van der Waals surface area contributed by atoms with Crippen molar-refractivity contribution in [2.45, 2.75) is 34.2 Å². The maximum atomic E-state index is 11.9. The quantitative estimate of drug-likeness (QED) is 0.473. The van der Waals surface area contributed by atoms with E-state index in [1.165, 1.54) is 0 Å². The molecule has 26 heavy (non-hydrogen) atoms. The first-order chi connectivity index (χ1) is 12.3. The van der Waals surface area contributed by atoms with Crippen LogP contribution >= 0.6 is 0 Å². The molecule has 0 aliphatic rings. The van der Waals surface area contributed by atoms with Gasteiger partial charge in [0.1, 0.15) is 11.3 Å². The fraction of sp³-hybridized carbons (Fsp3) is 0.500. The van der Waals surface area contributed by atoms with Crippen molar-refractivity contribution in [2.24, 2.45) is 10.4 Å². The number of nitrogens with zero attached hydrogens (tertiary/aromatic N) is 2. The number of para-hydroxylation sites is 1. The Balaban J connectivity index is 1.95. The highest BCUT2D eigenvalue weighted by atomic mass is 16.3. The number of carbonyl (C=O) groups is 1. The number of nitrogens with one attached hydrogen (secondary N) is 2. The zero-order valence-electron chi connectivity index (χ0n) is 16.4. The lowest BCUT2D eigenvalue weighted by Crippen LogP contribution is -2.40. The molecule has 1 amide bonds. The number of furan rings is 1. The molecular weight excluding hydrogens is 328 g/mol. The van der Waals surface area contributed by atoms with Crippen molar-refractivity contribution >= 4 is 22.8 Å². The van der Waals surface area contributed by atoms with Crippen molar-refractivity contribution in [3.63, 3.8) is 0 Å². The standard InChI is InChI=1S/C20H30N4O2/c1-6-21-19(23-12-11-22-18(25)20(2,3)4)24(5)14-16-13-15-9-7-8-10-17(15)26-16/h7-10,13H,6,11-12,14H2,1-5H3,(H,21,23)(H,22,25). The average molecular weight is 358 g/mol. The van der Waals surface area contributed by atoms with Crippen LogP contribution in [0.2, 0.25) is 0 Å². The van der Waals surface area contributed by atoms with E-state index in [4.69, 9.17) is 4.42 Å². The Kier molecular flexibility index (Phi) is 6.66. The van der Waals surface area contributed by atoms with Crippen molar-refractivity contribution in [3.8, 4) is 0 Å². The van der Waals surface area contributed by atoms with E-state index in [1.807, 2.05) is 63.9 Å². The Morgan fingerprint density at radius 1 is 1.23 bits per heavy atom. The number of hydrogen-bond donors (Lipinski definition) is 2. The molecule has 0 aliphatic heterocycles. The number of rotatable bonds is 6. The maximum absolute atomic E-state index is 11.9. The van der Waals surface area contributed by atoms with Gasteiger partial charge in [0, 0.05) is 30.9 Å². The topological polar surface area (TPSA) is 69.9 Å². The van der Waals surface area contributed by atoms with Gasteiger partial charge in [0.05, 0.1) is 13.1 Å². The van der Waals surface area contributed by atoms with Crippen LogP contribution in [0.5, 0.6) is 0 Å². The molecule has 0 atom stereocenters. The molecule has 0 unspecified atom stereocenters. The molecule has 2 rings (SSSR count). The van der Waals surface area contributed by atoms with E-state index in [1.54, 1.807) is 0 Å². The molecule has 6 heteroatoms. The van der Waals surface area contributed by atoms with E-state index in [-0.39, 0.29) is 11.3 Å². The Morgan fingerprint density at radius 2 is 1.96 bits per heavy atom. The molecule has 1 heterocycles. The van der Waals surface area contributed by atoms with Crippen LogP contribution < -0.4 is 10.6 Å². The molecule has 2 N–H and O–H groups in total. The highest BCUT2D eigenvalue weighted by Crippen LogP contribution is 2.19. The summed E-state index contributed by atoms with van der Waals surface area (Å²) in [6.45, 7) is 10.2. The number of benzene rings is 1. The number of fused-ring (bicyclic) bond motifs is 1. The van der Waals surface area contributed by atoms with Gasteiger partial charge in [-0.25, -0.2) is 0 Å². The summed E-state index contributed by atoms with van der Waals surface area (Å²) in [5.74, 6) is 1.71. The zero-order valence-corrected chi connectivity index (χ0v) is 16.4. The molecule has 1 aromatic heterocycles. The minimum Gasteiger partial charge on any atom is -0.459 e. The summed E-state index contributed by atoms with van der Waals surface area (Å²) < 4.78 is 5.88. The van der Waals surface area contributed by atoms with Gasteiger partial charge in [-0.3, -0.25) is 9.79 Å². The Bertz CT molecular complexity index is 726. The molecule has 0 bridgehead atoms. The molecule has 0 radical (unpaired) electrons. The van der Waals surface area contributed by atoms with E-state index in [0.29, 0.717) is 19.6 Å². The average Bonchev–Trinajstić information content (AvgIpc) is 2.98. The minimum atomic E-state index is -0.383. The number of aliphatic imine (C=N–C) groups is 1. The summed E-state index contributed by atoms with van der Waals surface area (Å²) in [6, 6.07) is 10.0. The van der Waals surface area contributed by atoms with Crippen LogP contribution in [0.4, 0.5) is 0 Å². The fourth-order valence-electron chi connectivity index (χ4n) is 2.49. The largest absolute Gasteiger partial charge is 0.459 e. The summed E-state index contributed by atoms with van der Waals surface area (Å²) in [6.07, 6.45) is 0. The van der Waals surface area contributed by atoms with Gasteiger partial charge in [-0.2, -0.15) is 0 Å². The second-order valence-electron chi connectivity index (χ2n) is 7.35. The first-order valence-electron chi connectivity index (χ1n) is 9.06. The first-order valence-corrected chi connectivity index (χ1v) is 9.06. The van der Waals surface area contributed by atoms with Crippen LogP contribution in [0.15, 0.2) is 39.7 Å². The summed E-state index contributed by atoms with van der Waals surface area (Å²) in [7, 11) is 1.97. The third kappa shape index (κ3) is 5.51. The molecule has 2 aromatic rings. The van der Waals surface area contributed by atoms with Gasteiger partial charge in [-0.05, 0) is 19.1 Å². The van der Waals surface area contributed by atoms with Gasteiger partial charge in [-0.15, -0.1) is 0 Å². The first kappa shape index (κ1) is 19.8. The maximum Gasteiger partial charge on any atom is 0.225 e. The van der Waals surface area contributed by atoms with Gasteiger partial charge in [-0.1, -0.05) is 39.0 Å². The van der Waals surface area contributed by atoms with E-state index in [9.17, 15) is 4.79 Å². The summed E-state index contributed by atoms with van der Waals surface area (Å²) in [5, 5.41) is 7.29. The summed E-state index contributed by atoms with van der Waals surface area (Å²) in [5.41, 5.74) is 0.509. The highest BCUT2D eigenvalue weighted by Gasteiger charge is 2.20. The third-order valence-electron chi connectivity index (χ3n) is 3.91. The molecule has 0 aliphatic carbocycles. The van der Waals surface area contributed by atoms with Crippen molar-refractivity contribution in [3.05, 3.63) is 36.1 Å². The number of carbonyl (C=O) groups excluding carboxylic acids is 1. The van der Waals surface area contributed by atoms with Gasteiger partial charge in [0.2, 0.25) is 5.91 Å². The fourth-order valence-corrected chi connectivity index (χ4v) is 2.49. The third-order valence-corrected chi connectivity index (χ3v) is 3.91. The van der Waals surface area contributed by atoms with Crippen LogP contribution in [0.3, 0.4) is 0 Å². The number of hydrogen-bond acceptors (Lipinski definition) is 3. The molecule has 0 saturated carbocycles. The van der Waals surface area contributed by atoms with Gasteiger partial charge in [0.15, 0.2) is 5.96 Å². The minimum absolute atomic E-state index is 0.0355. The van der Waals surface area contributed by atoms with Crippen LogP contribution in [-0.4, -0.2) is 43.4 Å². The predicted octanol–water partition coefficient (Wildman–Crippen LogP) is 2.99. The van der Waals surface area contributed by atoms with Crippen molar-refractivity contribution in [1.82, 2.24) is 15.5 Å². The lowest BCUT2D eigenvalue weighted by Gasteiger charge is -2.21. The molecule has 1 aromatic carbocycles. The molecule has 0 saturated heterocycles. The normalized spacial score (nSPS) is 12.3. The predicted molar refractivity (Wildman–Crippen MR) is 106 cm³/mol. The highest BCUT2D eigenvalue weighted by molar-refractivity contribution is 5.82. The lowest BCUT2D eigenvalue weighted by molar-refractivity contribution is -0.128. The van der Waals surface area contributed by atoms with Crippen molar-refractivity contribution in [1.29, 1.82) is 0 Å². The van der Waals surface area contributed by atoms with Crippen LogP contribution in [0.25, 0.3) is 11.0 Å². The van der Waals surface area contributed by atoms with Gasteiger partial charge >= 0.3 is 0 Å². The molecular formula is C20H30N4O2. The summed E-state index contributed by atoms with van der Waals surface area (Å²) in [4.78, 5) is 18.5. The second-order valence-corrected chi connectivity index (χ2v) is 7.35.